The number of carbonyl (C=O) groups excluding carboxylic acids is 1. The average molecular weight is 237 g/mol. The zero-order valence-electron chi connectivity index (χ0n) is 10.1. The summed E-state index contributed by atoms with van der Waals surface area (Å²) in [5, 5.41) is 10.9. The van der Waals surface area contributed by atoms with E-state index < -0.39 is 10.9 Å². The summed E-state index contributed by atoms with van der Waals surface area (Å²) >= 11 is 0. The number of esters is 1. The zero-order chi connectivity index (χ0) is 13.0. The monoisotopic (exact) mass is 237 g/mol. The first-order valence-electron chi connectivity index (χ1n) is 5.42. The Bertz CT molecular complexity index is 440. The maximum absolute atomic E-state index is 11.5. The largest absolute Gasteiger partial charge is 0.462 e. The average Bonchev–Trinajstić information content (AvgIpc) is 2.28. The Morgan fingerprint density at radius 2 is 2.12 bits per heavy atom. The molecule has 0 unspecified atom stereocenters. The molecule has 0 aliphatic heterocycles. The molecule has 0 N–H and O–H groups in total. The van der Waals surface area contributed by atoms with E-state index in [0.29, 0.717) is 5.56 Å². The van der Waals surface area contributed by atoms with Gasteiger partial charge in [-0.25, -0.2) is 4.79 Å². The Morgan fingerprint density at radius 3 is 2.59 bits per heavy atom. The van der Waals surface area contributed by atoms with Gasteiger partial charge in [-0.1, -0.05) is 19.9 Å². The summed E-state index contributed by atoms with van der Waals surface area (Å²) in [6, 6.07) is 4.43. The molecule has 1 aromatic carbocycles. The van der Waals surface area contributed by atoms with Crippen LogP contribution in [0.25, 0.3) is 0 Å². The van der Waals surface area contributed by atoms with Gasteiger partial charge < -0.3 is 4.74 Å². The van der Waals surface area contributed by atoms with Crippen molar-refractivity contribution in [2.75, 3.05) is 6.61 Å². The molecule has 0 aliphatic rings. The van der Waals surface area contributed by atoms with Crippen LogP contribution in [0, 0.1) is 10.1 Å². The van der Waals surface area contributed by atoms with Crippen molar-refractivity contribution in [2.24, 2.45) is 0 Å². The Hall–Kier alpha value is -1.91. The van der Waals surface area contributed by atoms with Gasteiger partial charge in [0.2, 0.25) is 0 Å². The van der Waals surface area contributed by atoms with Crippen LogP contribution in [0.4, 0.5) is 5.69 Å². The van der Waals surface area contributed by atoms with Crippen LogP contribution in [0.2, 0.25) is 0 Å². The Morgan fingerprint density at radius 1 is 1.47 bits per heavy atom. The first kappa shape index (κ1) is 13.2. The standard InChI is InChI=1S/C12H15NO4/c1-4-17-12(14)9-5-6-10(8(2)3)11(7-9)13(15)16/h5-8H,4H2,1-3H3. The fraction of sp³-hybridized carbons (Fsp3) is 0.417. The summed E-state index contributed by atoms with van der Waals surface area (Å²) in [5.74, 6) is -0.502. The minimum absolute atomic E-state index is 0.0339. The normalized spacial score (nSPS) is 10.4. The number of hydrogen-bond donors (Lipinski definition) is 0. The van der Waals surface area contributed by atoms with E-state index in [1.165, 1.54) is 6.07 Å². The molecule has 0 fully saturated rings. The molecule has 0 saturated carbocycles. The third kappa shape index (κ3) is 3.03. The van der Waals surface area contributed by atoms with Gasteiger partial charge in [-0.3, -0.25) is 10.1 Å². The summed E-state index contributed by atoms with van der Waals surface area (Å²) in [7, 11) is 0. The van der Waals surface area contributed by atoms with E-state index >= 15 is 0 Å². The van der Waals surface area contributed by atoms with Crippen molar-refractivity contribution in [2.45, 2.75) is 26.7 Å². The predicted molar refractivity (Wildman–Crippen MR) is 63.1 cm³/mol. The number of carbonyl (C=O) groups is 1. The lowest BCUT2D eigenvalue weighted by atomic mass is 9.99. The van der Waals surface area contributed by atoms with Crippen LogP contribution in [0.1, 0.15) is 42.6 Å². The summed E-state index contributed by atoms with van der Waals surface area (Å²) in [4.78, 5) is 21.9. The van der Waals surface area contributed by atoms with Crippen LogP contribution in [0.3, 0.4) is 0 Å². The minimum Gasteiger partial charge on any atom is -0.462 e. The molecule has 1 aromatic rings. The summed E-state index contributed by atoms with van der Waals surface area (Å²) in [6.45, 7) is 5.67. The van der Waals surface area contributed by atoms with Gasteiger partial charge in [0.05, 0.1) is 17.1 Å². The van der Waals surface area contributed by atoms with Gasteiger partial charge >= 0.3 is 5.97 Å². The second-order valence-electron chi connectivity index (χ2n) is 3.91. The topological polar surface area (TPSA) is 69.4 Å². The molecule has 0 aromatic heterocycles. The summed E-state index contributed by atoms with van der Waals surface area (Å²) in [6.07, 6.45) is 0. The molecule has 92 valence electrons. The number of rotatable bonds is 4. The lowest BCUT2D eigenvalue weighted by Crippen LogP contribution is -2.06. The highest BCUT2D eigenvalue weighted by molar-refractivity contribution is 5.90. The lowest BCUT2D eigenvalue weighted by Gasteiger charge is -2.08. The van der Waals surface area contributed by atoms with Gasteiger partial charge in [0, 0.05) is 11.6 Å². The van der Waals surface area contributed by atoms with Crippen molar-refractivity contribution >= 4 is 11.7 Å². The fourth-order valence-corrected chi connectivity index (χ4v) is 1.53. The maximum Gasteiger partial charge on any atom is 0.338 e. The van der Waals surface area contributed by atoms with Crippen molar-refractivity contribution < 1.29 is 14.5 Å². The number of hydrogen-bond acceptors (Lipinski definition) is 4. The molecule has 17 heavy (non-hydrogen) atoms. The summed E-state index contributed by atoms with van der Waals surface area (Å²) < 4.78 is 4.80. The van der Waals surface area contributed by atoms with E-state index in [-0.39, 0.29) is 23.8 Å². The molecule has 0 aliphatic carbocycles. The highest BCUT2D eigenvalue weighted by Crippen LogP contribution is 2.27. The lowest BCUT2D eigenvalue weighted by molar-refractivity contribution is -0.385. The van der Waals surface area contributed by atoms with Gasteiger partial charge in [-0.2, -0.15) is 0 Å². The third-order valence-electron chi connectivity index (χ3n) is 2.36. The molecule has 0 bridgehead atoms. The van der Waals surface area contributed by atoms with Crippen LogP contribution in [0.5, 0.6) is 0 Å². The van der Waals surface area contributed by atoms with Crippen molar-refractivity contribution in [3.63, 3.8) is 0 Å². The van der Waals surface area contributed by atoms with E-state index in [2.05, 4.69) is 0 Å². The minimum atomic E-state index is -0.536. The Kier molecular flexibility index (Phi) is 4.20. The van der Waals surface area contributed by atoms with Crippen LogP contribution >= 0.6 is 0 Å². The zero-order valence-corrected chi connectivity index (χ0v) is 10.1. The molecular weight excluding hydrogens is 222 g/mol. The Balaban J connectivity index is 3.19. The van der Waals surface area contributed by atoms with Crippen molar-refractivity contribution in [3.8, 4) is 0 Å². The van der Waals surface area contributed by atoms with Gasteiger partial charge in [-0.15, -0.1) is 0 Å². The van der Waals surface area contributed by atoms with E-state index in [4.69, 9.17) is 4.74 Å². The second kappa shape index (κ2) is 5.43. The molecular formula is C12H15NO4. The molecule has 0 heterocycles. The molecule has 1 rings (SSSR count). The van der Waals surface area contributed by atoms with Crippen molar-refractivity contribution in [1.29, 1.82) is 0 Å². The predicted octanol–water partition coefficient (Wildman–Crippen LogP) is 2.89. The molecule has 5 nitrogen and oxygen atoms in total. The first-order valence-corrected chi connectivity index (χ1v) is 5.42. The molecule has 5 heteroatoms. The van der Waals surface area contributed by atoms with E-state index in [1.54, 1.807) is 19.1 Å². The highest BCUT2D eigenvalue weighted by atomic mass is 16.6. The molecule has 0 spiro atoms. The number of ether oxygens (including phenoxy) is 1. The quantitative estimate of drug-likeness (QED) is 0.458. The SMILES string of the molecule is CCOC(=O)c1ccc(C(C)C)c([N+](=O)[O-])c1. The van der Waals surface area contributed by atoms with Crippen LogP contribution < -0.4 is 0 Å². The number of nitro benzene ring substituents is 1. The molecule has 0 saturated heterocycles. The second-order valence-corrected chi connectivity index (χ2v) is 3.91. The number of nitro groups is 1. The molecule has 0 amide bonds. The number of benzene rings is 1. The first-order chi connectivity index (χ1) is 7.97. The fourth-order valence-electron chi connectivity index (χ4n) is 1.53. The van der Waals surface area contributed by atoms with Crippen LogP contribution in [-0.2, 0) is 4.74 Å². The maximum atomic E-state index is 11.5. The van der Waals surface area contributed by atoms with Gasteiger partial charge in [0.15, 0.2) is 0 Å². The van der Waals surface area contributed by atoms with Crippen LogP contribution in [-0.4, -0.2) is 17.5 Å². The highest BCUT2D eigenvalue weighted by Gasteiger charge is 2.19. The number of nitrogens with zero attached hydrogens (tertiary/aromatic N) is 1. The van der Waals surface area contributed by atoms with E-state index in [0.717, 1.165) is 0 Å². The van der Waals surface area contributed by atoms with Gasteiger partial charge in [-0.05, 0) is 18.9 Å². The van der Waals surface area contributed by atoms with Gasteiger partial charge in [0.1, 0.15) is 0 Å². The van der Waals surface area contributed by atoms with E-state index in [9.17, 15) is 14.9 Å². The van der Waals surface area contributed by atoms with Crippen LogP contribution in [0.15, 0.2) is 18.2 Å². The van der Waals surface area contributed by atoms with E-state index in [1.807, 2.05) is 13.8 Å². The van der Waals surface area contributed by atoms with Crippen molar-refractivity contribution in [1.82, 2.24) is 0 Å². The molecule has 0 atom stereocenters. The van der Waals surface area contributed by atoms with Gasteiger partial charge in [0.25, 0.3) is 5.69 Å². The molecule has 0 radical (unpaired) electrons. The van der Waals surface area contributed by atoms with Crippen molar-refractivity contribution in [3.05, 3.63) is 39.4 Å². The smallest absolute Gasteiger partial charge is 0.338 e. The third-order valence-corrected chi connectivity index (χ3v) is 2.36. The summed E-state index contributed by atoms with van der Waals surface area (Å²) in [5.41, 5.74) is 0.788. The Labute approximate surface area is 99.5 Å².